The fourth-order valence-electron chi connectivity index (χ4n) is 1.98. The molecule has 0 aliphatic carbocycles. The van der Waals surface area contributed by atoms with Crippen molar-refractivity contribution < 1.29 is 14.7 Å². The molecule has 0 spiro atoms. The second kappa shape index (κ2) is 6.24. The van der Waals surface area contributed by atoms with Crippen molar-refractivity contribution in [3.63, 3.8) is 0 Å². The van der Waals surface area contributed by atoms with E-state index >= 15 is 0 Å². The lowest BCUT2D eigenvalue weighted by Crippen LogP contribution is -2.21. The lowest BCUT2D eigenvalue weighted by atomic mass is 10.1. The number of aromatic carboxylic acids is 1. The Kier molecular flexibility index (Phi) is 4.59. The Morgan fingerprint density at radius 2 is 1.90 bits per heavy atom. The van der Waals surface area contributed by atoms with Crippen LogP contribution in [0.5, 0.6) is 0 Å². The number of benzene rings is 1. The van der Waals surface area contributed by atoms with Gasteiger partial charge in [0.15, 0.2) is 5.78 Å². The summed E-state index contributed by atoms with van der Waals surface area (Å²) in [5.41, 5.74) is 0.802. The number of hydrogen-bond donors (Lipinski definition) is 1. The van der Waals surface area contributed by atoms with Gasteiger partial charge in [0.25, 0.3) is 0 Å². The van der Waals surface area contributed by atoms with Crippen LogP contribution in [0.25, 0.3) is 0 Å². The third kappa shape index (κ3) is 3.22. The standard InChI is InChI=1S/C14H12ClNO4S/c1-2-10-12(13(18)19)21-14(20)16(10)7-11(17)8-3-5-9(15)6-4-8/h3-6H,2,7H2,1H3,(H,18,19). The van der Waals surface area contributed by atoms with Gasteiger partial charge in [-0.2, -0.15) is 0 Å². The number of nitrogens with zero attached hydrogens (tertiary/aromatic N) is 1. The van der Waals surface area contributed by atoms with Gasteiger partial charge < -0.3 is 5.11 Å². The predicted molar refractivity (Wildman–Crippen MR) is 80.7 cm³/mol. The average molecular weight is 326 g/mol. The summed E-state index contributed by atoms with van der Waals surface area (Å²) in [4.78, 5) is 34.7. The van der Waals surface area contributed by atoms with Gasteiger partial charge in [0.2, 0.25) is 0 Å². The Morgan fingerprint density at radius 3 is 2.43 bits per heavy atom. The highest BCUT2D eigenvalue weighted by atomic mass is 35.5. The number of aromatic nitrogens is 1. The highest BCUT2D eigenvalue weighted by Crippen LogP contribution is 2.15. The van der Waals surface area contributed by atoms with Crippen LogP contribution in [-0.2, 0) is 13.0 Å². The van der Waals surface area contributed by atoms with Crippen molar-refractivity contribution in [2.45, 2.75) is 19.9 Å². The van der Waals surface area contributed by atoms with Crippen molar-refractivity contribution in [3.8, 4) is 0 Å². The first-order valence-electron chi connectivity index (χ1n) is 6.18. The van der Waals surface area contributed by atoms with Crippen LogP contribution >= 0.6 is 22.9 Å². The minimum Gasteiger partial charge on any atom is -0.477 e. The van der Waals surface area contributed by atoms with Crippen molar-refractivity contribution in [2.24, 2.45) is 0 Å². The quantitative estimate of drug-likeness (QED) is 0.857. The molecule has 1 aromatic heterocycles. The molecule has 1 heterocycles. The average Bonchev–Trinajstić information content (AvgIpc) is 2.76. The van der Waals surface area contributed by atoms with E-state index in [0.29, 0.717) is 34.0 Å². The maximum absolute atomic E-state index is 12.2. The number of thiazole rings is 1. The highest BCUT2D eigenvalue weighted by molar-refractivity contribution is 7.11. The zero-order valence-electron chi connectivity index (χ0n) is 11.1. The molecule has 0 radical (unpaired) electrons. The molecule has 0 saturated heterocycles. The fraction of sp³-hybridized carbons (Fsp3) is 0.214. The Morgan fingerprint density at radius 1 is 1.29 bits per heavy atom. The molecule has 2 rings (SSSR count). The van der Waals surface area contributed by atoms with Crippen molar-refractivity contribution in [1.29, 1.82) is 0 Å². The number of carbonyl (C=O) groups is 2. The molecule has 7 heteroatoms. The van der Waals surface area contributed by atoms with Gasteiger partial charge in [0.1, 0.15) is 4.88 Å². The molecule has 0 aliphatic heterocycles. The third-order valence-electron chi connectivity index (χ3n) is 2.99. The second-order valence-corrected chi connectivity index (χ2v) is 5.72. The van der Waals surface area contributed by atoms with Crippen LogP contribution in [0, 0.1) is 0 Å². The second-order valence-electron chi connectivity index (χ2n) is 4.32. The van der Waals surface area contributed by atoms with Crippen LogP contribution in [0.3, 0.4) is 0 Å². The molecule has 0 bridgehead atoms. The largest absolute Gasteiger partial charge is 0.477 e. The molecule has 0 atom stereocenters. The van der Waals surface area contributed by atoms with Gasteiger partial charge in [0.05, 0.1) is 6.54 Å². The van der Waals surface area contributed by atoms with Gasteiger partial charge in [-0.25, -0.2) is 4.79 Å². The van der Waals surface area contributed by atoms with Crippen LogP contribution in [0.4, 0.5) is 0 Å². The number of halogens is 1. The van der Waals surface area contributed by atoms with Crippen LogP contribution < -0.4 is 4.87 Å². The van der Waals surface area contributed by atoms with Crippen molar-refractivity contribution in [1.82, 2.24) is 4.57 Å². The number of ketones is 1. The summed E-state index contributed by atoms with van der Waals surface area (Å²) in [7, 11) is 0. The van der Waals surface area contributed by atoms with Crippen LogP contribution in [0.1, 0.15) is 32.6 Å². The van der Waals surface area contributed by atoms with E-state index in [2.05, 4.69) is 0 Å². The van der Waals surface area contributed by atoms with Crippen LogP contribution in [0.2, 0.25) is 5.02 Å². The van der Waals surface area contributed by atoms with Gasteiger partial charge >= 0.3 is 10.8 Å². The Bertz CT molecular complexity index is 745. The van der Waals surface area contributed by atoms with E-state index in [9.17, 15) is 14.4 Å². The molecule has 0 aliphatic rings. The highest BCUT2D eigenvalue weighted by Gasteiger charge is 2.20. The summed E-state index contributed by atoms with van der Waals surface area (Å²) in [5, 5.41) is 9.59. The van der Waals surface area contributed by atoms with Gasteiger partial charge in [-0.3, -0.25) is 14.2 Å². The van der Waals surface area contributed by atoms with Crippen molar-refractivity contribution >= 4 is 34.7 Å². The molecule has 2 aromatic rings. The molecule has 1 aromatic carbocycles. The predicted octanol–water partition coefficient (Wildman–Crippen LogP) is 2.71. The van der Waals surface area contributed by atoms with Gasteiger partial charge in [-0.1, -0.05) is 29.9 Å². The van der Waals surface area contributed by atoms with E-state index in [1.165, 1.54) is 4.57 Å². The van der Waals surface area contributed by atoms with E-state index in [1.54, 1.807) is 31.2 Å². The van der Waals surface area contributed by atoms with Gasteiger partial charge in [-0.15, -0.1) is 0 Å². The molecule has 0 unspecified atom stereocenters. The number of carbonyl (C=O) groups excluding carboxylic acids is 1. The summed E-state index contributed by atoms with van der Waals surface area (Å²) in [6.45, 7) is 1.57. The van der Waals surface area contributed by atoms with Crippen molar-refractivity contribution in [3.05, 3.63) is 55.1 Å². The number of rotatable bonds is 5. The number of Topliss-reactive ketones (excluding diaryl/α,β-unsaturated/α-hetero) is 1. The molecule has 21 heavy (non-hydrogen) atoms. The summed E-state index contributed by atoms with van der Waals surface area (Å²) in [6, 6.07) is 6.33. The first kappa shape index (κ1) is 15.5. The molecule has 5 nitrogen and oxygen atoms in total. The number of hydrogen-bond acceptors (Lipinski definition) is 4. The summed E-state index contributed by atoms with van der Waals surface area (Å²) >= 11 is 6.41. The van der Waals surface area contributed by atoms with E-state index in [0.717, 1.165) is 0 Å². The summed E-state index contributed by atoms with van der Waals surface area (Å²) in [6.07, 6.45) is 0.369. The zero-order valence-corrected chi connectivity index (χ0v) is 12.7. The monoisotopic (exact) mass is 325 g/mol. The van der Waals surface area contributed by atoms with Crippen LogP contribution in [0.15, 0.2) is 29.1 Å². The van der Waals surface area contributed by atoms with Crippen molar-refractivity contribution in [2.75, 3.05) is 0 Å². The van der Waals surface area contributed by atoms with E-state index < -0.39 is 10.8 Å². The van der Waals surface area contributed by atoms with Crippen LogP contribution in [-0.4, -0.2) is 21.4 Å². The van der Waals surface area contributed by atoms with E-state index in [1.807, 2.05) is 0 Å². The maximum atomic E-state index is 12.2. The first-order chi connectivity index (χ1) is 9.93. The minimum absolute atomic E-state index is 0.00796. The summed E-state index contributed by atoms with van der Waals surface area (Å²) in [5.74, 6) is -1.41. The fourth-order valence-corrected chi connectivity index (χ4v) is 3.03. The Balaban J connectivity index is 2.35. The third-order valence-corrected chi connectivity index (χ3v) is 4.26. The molecule has 0 saturated carbocycles. The topological polar surface area (TPSA) is 76.4 Å². The molecule has 0 fully saturated rings. The maximum Gasteiger partial charge on any atom is 0.347 e. The van der Waals surface area contributed by atoms with E-state index in [-0.39, 0.29) is 17.2 Å². The van der Waals surface area contributed by atoms with Gasteiger partial charge in [0, 0.05) is 16.3 Å². The SMILES string of the molecule is CCc1c(C(=O)O)sc(=O)n1CC(=O)c1ccc(Cl)cc1. The van der Waals surface area contributed by atoms with E-state index in [4.69, 9.17) is 16.7 Å². The lowest BCUT2D eigenvalue weighted by Gasteiger charge is -2.06. The Hall–Kier alpha value is -1.92. The molecule has 1 N–H and O–H groups in total. The minimum atomic E-state index is -1.15. The normalized spacial score (nSPS) is 10.6. The number of carboxylic acids is 1. The van der Waals surface area contributed by atoms with Gasteiger partial charge in [-0.05, 0) is 30.7 Å². The summed E-state index contributed by atoms with van der Waals surface area (Å²) < 4.78 is 1.23. The Labute approximate surface area is 129 Å². The molecular weight excluding hydrogens is 314 g/mol. The molecule has 110 valence electrons. The number of carboxylic acid groups (broad SMARTS) is 1. The zero-order chi connectivity index (χ0) is 15.6. The first-order valence-corrected chi connectivity index (χ1v) is 7.38. The molecular formula is C14H12ClNO4S. The molecule has 0 amide bonds. The smallest absolute Gasteiger partial charge is 0.347 e. The lowest BCUT2D eigenvalue weighted by molar-refractivity contribution is 0.0699.